The van der Waals surface area contributed by atoms with Crippen molar-refractivity contribution in [2.24, 2.45) is 0 Å². The highest BCUT2D eigenvalue weighted by molar-refractivity contribution is 9.10. The van der Waals surface area contributed by atoms with Gasteiger partial charge in [-0.3, -0.25) is 4.79 Å². The molecule has 0 unspecified atom stereocenters. The maximum Gasteiger partial charge on any atom is 0.339 e. The fraction of sp³-hybridized carbons (Fsp3) is 0.176. The lowest BCUT2D eigenvalue weighted by Crippen LogP contribution is -2.20. The van der Waals surface area contributed by atoms with Gasteiger partial charge in [0.05, 0.1) is 22.3 Å². The van der Waals surface area contributed by atoms with Gasteiger partial charge in [-0.25, -0.2) is 4.79 Å². The molecule has 0 aliphatic heterocycles. The van der Waals surface area contributed by atoms with Crippen molar-refractivity contribution in [3.63, 3.8) is 0 Å². The first kappa shape index (κ1) is 19.1. The number of aromatic carboxylic acids is 1. The SMILES string of the molecule is COc1cc(NC(=O)COc2ccc(C)cc2Br)c(Cl)cc1C(=O)O. The highest BCUT2D eigenvalue weighted by Gasteiger charge is 2.16. The summed E-state index contributed by atoms with van der Waals surface area (Å²) in [6, 6.07) is 8.07. The average molecular weight is 429 g/mol. The molecule has 0 radical (unpaired) electrons. The first-order valence-corrected chi connectivity index (χ1v) is 8.28. The molecule has 0 aromatic heterocycles. The molecule has 2 aromatic carbocycles. The molecule has 0 spiro atoms. The van der Waals surface area contributed by atoms with Crippen LogP contribution in [0.25, 0.3) is 0 Å². The van der Waals surface area contributed by atoms with Crippen LogP contribution in [-0.2, 0) is 4.79 Å². The molecule has 2 aromatic rings. The van der Waals surface area contributed by atoms with E-state index in [1.807, 2.05) is 19.1 Å². The summed E-state index contributed by atoms with van der Waals surface area (Å²) in [7, 11) is 1.33. The standard InChI is InChI=1S/C17H15BrClNO5/c1-9-3-4-14(11(18)5-9)25-8-16(21)20-13-7-15(24-2)10(17(22)23)6-12(13)19/h3-7H,8H2,1-2H3,(H,20,21)(H,22,23). The second-order valence-corrected chi connectivity index (χ2v) is 6.37. The summed E-state index contributed by atoms with van der Waals surface area (Å²) in [5.74, 6) is -0.997. The number of amides is 1. The number of anilines is 1. The van der Waals surface area contributed by atoms with Crippen molar-refractivity contribution >= 4 is 45.1 Å². The fourth-order valence-electron chi connectivity index (χ4n) is 2.04. The zero-order chi connectivity index (χ0) is 18.6. The monoisotopic (exact) mass is 427 g/mol. The topological polar surface area (TPSA) is 84.9 Å². The second-order valence-electron chi connectivity index (χ2n) is 5.11. The van der Waals surface area contributed by atoms with E-state index in [1.165, 1.54) is 19.2 Å². The molecule has 0 atom stereocenters. The van der Waals surface area contributed by atoms with Gasteiger partial charge < -0.3 is 19.9 Å². The van der Waals surface area contributed by atoms with Crippen molar-refractivity contribution in [2.75, 3.05) is 19.0 Å². The molecule has 0 bridgehead atoms. The highest BCUT2D eigenvalue weighted by Crippen LogP contribution is 2.31. The number of ether oxygens (including phenoxy) is 2. The van der Waals surface area contributed by atoms with Crippen LogP contribution >= 0.6 is 27.5 Å². The van der Waals surface area contributed by atoms with Crippen LogP contribution < -0.4 is 14.8 Å². The van der Waals surface area contributed by atoms with E-state index in [0.29, 0.717) is 5.75 Å². The lowest BCUT2D eigenvalue weighted by atomic mass is 10.1. The van der Waals surface area contributed by atoms with E-state index >= 15 is 0 Å². The largest absolute Gasteiger partial charge is 0.496 e. The van der Waals surface area contributed by atoms with Crippen LogP contribution in [0.2, 0.25) is 5.02 Å². The van der Waals surface area contributed by atoms with Crippen molar-refractivity contribution in [1.29, 1.82) is 0 Å². The van der Waals surface area contributed by atoms with E-state index in [0.717, 1.165) is 10.0 Å². The Morgan fingerprint density at radius 1 is 1.24 bits per heavy atom. The van der Waals surface area contributed by atoms with Crippen LogP contribution in [0.4, 0.5) is 5.69 Å². The van der Waals surface area contributed by atoms with E-state index < -0.39 is 11.9 Å². The summed E-state index contributed by atoms with van der Waals surface area (Å²) in [4.78, 5) is 23.2. The molecular formula is C17H15BrClNO5. The number of hydrogen-bond donors (Lipinski definition) is 2. The van der Waals surface area contributed by atoms with Gasteiger partial charge >= 0.3 is 5.97 Å². The molecule has 1 amide bonds. The number of carboxylic acids is 1. The first-order valence-electron chi connectivity index (χ1n) is 7.11. The van der Waals surface area contributed by atoms with Crippen LogP contribution in [0.1, 0.15) is 15.9 Å². The Morgan fingerprint density at radius 3 is 2.56 bits per heavy atom. The van der Waals surface area contributed by atoms with Crippen molar-refractivity contribution in [3.8, 4) is 11.5 Å². The number of carbonyl (C=O) groups excluding carboxylic acids is 1. The minimum absolute atomic E-state index is 0.0862. The maximum absolute atomic E-state index is 12.1. The van der Waals surface area contributed by atoms with Crippen LogP contribution in [0.5, 0.6) is 11.5 Å². The molecule has 0 saturated carbocycles. The molecule has 2 rings (SSSR count). The Balaban J connectivity index is 2.08. The van der Waals surface area contributed by atoms with Crippen molar-refractivity contribution < 1.29 is 24.2 Å². The van der Waals surface area contributed by atoms with Gasteiger partial charge in [0.15, 0.2) is 6.61 Å². The Labute approximate surface area is 157 Å². The maximum atomic E-state index is 12.1. The van der Waals surface area contributed by atoms with Gasteiger partial charge in [0.2, 0.25) is 0 Å². The van der Waals surface area contributed by atoms with Crippen molar-refractivity contribution in [2.45, 2.75) is 6.92 Å². The molecule has 0 aliphatic rings. The minimum Gasteiger partial charge on any atom is -0.496 e. The van der Waals surface area contributed by atoms with Gasteiger partial charge in [0, 0.05) is 6.07 Å². The second kappa shape index (κ2) is 8.22. The minimum atomic E-state index is -1.18. The third-order valence-corrected chi connectivity index (χ3v) is 4.17. The van der Waals surface area contributed by atoms with E-state index in [2.05, 4.69) is 21.2 Å². The van der Waals surface area contributed by atoms with Crippen LogP contribution in [0.15, 0.2) is 34.8 Å². The molecule has 6 nitrogen and oxygen atoms in total. The molecule has 8 heteroatoms. The van der Waals surface area contributed by atoms with Crippen LogP contribution in [0.3, 0.4) is 0 Å². The normalized spacial score (nSPS) is 10.2. The number of halogens is 2. The number of nitrogens with one attached hydrogen (secondary N) is 1. The van der Waals surface area contributed by atoms with Gasteiger partial charge in [0.1, 0.15) is 17.1 Å². The van der Waals surface area contributed by atoms with E-state index in [-0.39, 0.29) is 28.6 Å². The summed E-state index contributed by atoms with van der Waals surface area (Å²) in [5.41, 5.74) is 1.20. The van der Waals surface area contributed by atoms with E-state index in [9.17, 15) is 9.59 Å². The summed E-state index contributed by atoms with van der Waals surface area (Å²) in [6.07, 6.45) is 0. The molecule has 132 valence electrons. The predicted octanol–water partition coefficient (Wildman–Crippen LogP) is 4.14. The number of carbonyl (C=O) groups is 2. The first-order chi connectivity index (χ1) is 11.8. The molecular weight excluding hydrogens is 414 g/mol. The smallest absolute Gasteiger partial charge is 0.339 e. The highest BCUT2D eigenvalue weighted by atomic mass is 79.9. The summed E-state index contributed by atoms with van der Waals surface area (Å²) in [6.45, 7) is 1.71. The van der Waals surface area contributed by atoms with Crippen LogP contribution in [0, 0.1) is 6.92 Å². The molecule has 0 aliphatic carbocycles. The zero-order valence-corrected chi connectivity index (χ0v) is 15.8. The number of carboxylic acid groups (broad SMARTS) is 1. The summed E-state index contributed by atoms with van der Waals surface area (Å²) < 4.78 is 11.2. The number of methoxy groups -OCH3 is 1. The zero-order valence-electron chi connectivity index (χ0n) is 13.4. The van der Waals surface area contributed by atoms with Gasteiger partial charge in [-0.2, -0.15) is 0 Å². The fourth-order valence-corrected chi connectivity index (χ4v) is 2.86. The Bertz CT molecular complexity index is 825. The summed E-state index contributed by atoms with van der Waals surface area (Å²) in [5, 5.41) is 11.8. The van der Waals surface area contributed by atoms with Crippen molar-refractivity contribution in [3.05, 3.63) is 51.0 Å². The Morgan fingerprint density at radius 2 is 1.96 bits per heavy atom. The van der Waals surface area contributed by atoms with Gasteiger partial charge in [-0.1, -0.05) is 17.7 Å². The van der Waals surface area contributed by atoms with Gasteiger partial charge in [0.25, 0.3) is 5.91 Å². The Hall–Kier alpha value is -2.25. The molecule has 0 saturated heterocycles. The molecule has 25 heavy (non-hydrogen) atoms. The number of aryl methyl sites for hydroxylation is 1. The average Bonchev–Trinajstić information content (AvgIpc) is 2.55. The quantitative estimate of drug-likeness (QED) is 0.722. The molecule has 0 fully saturated rings. The third-order valence-electron chi connectivity index (χ3n) is 3.24. The number of hydrogen-bond acceptors (Lipinski definition) is 4. The molecule has 0 heterocycles. The lowest BCUT2D eigenvalue weighted by Gasteiger charge is -2.12. The summed E-state index contributed by atoms with van der Waals surface area (Å²) >= 11 is 9.39. The van der Waals surface area contributed by atoms with E-state index in [1.54, 1.807) is 6.07 Å². The number of rotatable bonds is 6. The molecule has 2 N–H and O–H groups in total. The van der Waals surface area contributed by atoms with Crippen LogP contribution in [-0.4, -0.2) is 30.7 Å². The van der Waals surface area contributed by atoms with E-state index in [4.69, 9.17) is 26.2 Å². The Kier molecular flexibility index (Phi) is 6.27. The predicted molar refractivity (Wildman–Crippen MR) is 98.0 cm³/mol. The van der Waals surface area contributed by atoms with Gasteiger partial charge in [-0.05, 0) is 46.6 Å². The van der Waals surface area contributed by atoms with Gasteiger partial charge in [-0.15, -0.1) is 0 Å². The van der Waals surface area contributed by atoms with Crippen molar-refractivity contribution in [1.82, 2.24) is 0 Å². The third kappa shape index (κ3) is 4.87. The number of benzene rings is 2. The lowest BCUT2D eigenvalue weighted by molar-refractivity contribution is -0.118.